The van der Waals surface area contributed by atoms with Gasteiger partial charge in [0.1, 0.15) is 37.7 Å². The van der Waals surface area contributed by atoms with Crippen LogP contribution in [0.5, 0.6) is 23.0 Å². The van der Waals surface area contributed by atoms with Gasteiger partial charge >= 0.3 is 0 Å². The van der Waals surface area contributed by atoms with Crippen molar-refractivity contribution < 1.29 is 137 Å². The molecule has 0 unspecified atom stereocenters. The summed E-state index contributed by atoms with van der Waals surface area (Å²) in [5.41, 5.74) is 12.7. The van der Waals surface area contributed by atoms with Crippen LogP contribution in [-0.4, -0.2) is 133 Å². The highest BCUT2D eigenvalue weighted by molar-refractivity contribution is 7.88. The number of rotatable bonds is 23. The summed E-state index contributed by atoms with van der Waals surface area (Å²) >= 11 is 0. The predicted octanol–water partition coefficient (Wildman–Crippen LogP) is 18.1. The van der Waals surface area contributed by atoms with Gasteiger partial charge in [-0.05, 0) is 284 Å². The zero-order chi connectivity index (χ0) is 101. The van der Waals surface area contributed by atoms with Gasteiger partial charge in [-0.3, -0.25) is 60.4 Å². The standard InChI is InChI=1S/C25H20O8S2.C21H18O8S2.C21H18O7S2.2C15H14O4S/c1-15-3-4-16(2)22(11-15)25(26)17-5-8-19(9-6-17)33-20-10-7-18-12-21(34(27,28)29)14-24(23(18)13-20)35(30,31)32;1-13-3-4-14(2)18(11-13)21(22)15-5-10-19(20(12-15)31(26,27)28)29-16-6-8-17(9-7-16)30(23,24)25;1-13-3-4-14(2)19(11-13)21(22)16-7-10-18(20(12-16)30(26,27)28)15-5-8-17(9-6-15)29(23,24)25;1-10-3-4-11(2)14(9-10)15(16)12-5-7-13(8-6-12)20(17,18)19;1-10-6-7-11(2)14(8-10)15(16)12-4-3-5-13(9-12)20(17,18)19/h3-14H,1-2H3,(H,27,28,29)(H,30,31,32);3-12H,1-2H3,(H,23,24,25)(H,26,27,28);3-12H,1-2H3,(H,23,24,25)(H,26,27,28);2*3-9H,1-2H3,(H,17,18,19). The summed E-state index contributed by atoms with van der Waals surface area (Å²) in [4.78, 5) is 59.8. The maximum Gasteiger partial charge on any atom is 0.298 e. The highest BCUT2D eigenvalue weighted by atomic mass is 32.2. The van der Waals surface area contributed by atoms with E-state index < -0.39 is 112 Å². The number of carbonyl (C=O) groups excluding carboxylic acids is 5. The Morgan fingerprint density at radius 3 is 0.890 bits per heavy atom. The lowest BCUT2D eigenvalue weighted by Gasteiger charge is -2.12. The summed E-state index contributed by atoms with van der Waals surface area (Å²) in [6, 6.07) is 67.2. The normalized spacial score (nSPS) is 11.8. The molecule has 0 spiro atoms. The van der Waals surface area contributed by atoms with Gasteiger partial charge < -0.3 is 9.47 Å². The van der Waals surface area contributed by atoms with Crippen LogP contribution >= 0.6 is 0 Å². The summed E-state index contributed by atoms with van der Waals surface area (Å²) < 4.78 is 269. The first-order valence-electron chi connectivity index (χ1n) is 39.8. The highest BCUT2D eigenvalue weighted by Gasteiger charge is 2.28. The first-order valence-corrected chi connectivity index (χ1v) is 51.3. The van der Waals surface area contributed by atoms with E-state index in [-0.39, 0.29) is 92.8 Å². The topological polar surface area (TPSA) is 539 Å². The molecule has 706 valence electrons. The van der Waals surface area contributed by atoms with E-state index in [1.165, 1.54) is 115 Å². The number of fused-ring (bicyclic) bond motifs is 1. The molecule has 31 nitrogen and oxygen atoms in total. The van der Waals surface area contributed by atoms with Crippen molar-refractivity contribution in [2.45, 2.75) is 108 Å². The van der Waals surface area contributed by atoms with Gasteiger partial charge in [-0.15, -0.1) is 0 Å². The molecular weight excluding hydrogens is 1920 g/mol. The molecule has 39 heteroatoms. The molecule has 0 heterocycles. The van der Waals surface area contributed by atoms with E-state index in [1.807, 2.05) is 110 Å². The van der Waals surface area contributed by atoms with Crippen LogP contribution in [0, 0.1) is 69.2 Å². The Morgan fingerprint density at radius 2 is 0.522 bits per heavy atom. The number of hydrogen-bond acceptors (Lipinski definition) is 23. The van der Waals surface area contributed by atoms with Gasteiger partial charge in [-0.1, -0.05) is 131 Å². The molecule has 0 amide bonds. The zero-order valence-electron chi connectivity index (χ0n) is 73.3. The molecule has 0 saturated heterocycles. The van der Waals surface area contributed by atoms with Crippen LogP contribution in [0.3, 0.4) is 0 Å². The average Bonchev–Trinajstić information content (AvgIpc) is 0.761. The Morgan fingerprint density at radius 1 is 0.221 bits per heavy atom. The van der Waals surface area contributed by atoms with Crippen molar-refractivity contribution in [1.29, 1.82) is 0 Å². The lowest BCUT2D eigenvalue weighted by molar-refractivity contribution is 0.103. The first-order chi connectivity index (χ1) is 63.1. The number of aryl methyl sites for hydroxylation is 10. The SMILES string of the molecule is Cc1ccc(C)c(C(=O)c2ccc(-c3ccc(S(=O)(=O)O)cc3)c(S(=O)(=O)O)c2)c1.Cc1ccc(C)c(C(=O)c2ccc(Oc3ccc(S(=O)(=O)O)cc3)c(S(=O)(=O)O)c2)c1.Cc1ccc(C)c(C(=O)c2ccc(Oc3ccc4cc(S(=O)(=O)O)cc(S(=O)(=O)O)c4c3)cc2)c1.Cc1ccc(C)c(C(=O)c2ccc(S(=O)(=O)O)cc2)c1.Cc1ccc(C)c(C(=O)c2cccc(S(=O)(=O)O)c2)c1. The van der Waals surface area contributed by atoms with Gasteiger partial charge in [0.25, 0.3) is 80.9 Å². The second kappa shape index (κ2) is 41.8. The molecule has 0 aromatic heterocycles. The lowest BCUT2D eigenvalue weighted by Crippen LogP contribution is -2.08. The summed E-state index contributed by atoms with van der Waals surface area (Å²) in [6.07, 6.45) is 0. The molecule has 136 heavy (non-hydrogen) atoms. The number of carbonyl (C=O) groups is 5. The summed E-state index contributed by atoms with van der Waals surface area (Å²) in [5.74, 6) is -1.03. The third kappa shape index (κ3) is 27.0. The van der Waals surface area contributed by atoms with Crippen LogP contribution in [0.4, 0.5) is 0 Å². The molecule has 14 aromatic carbocycles. The van der Waals surface area contributed by atoms with E-state index >= 15 is 0 Å². The lowest BCUT2D eigenvalue weighted by atomic mass is 9.95. The molecule has 0 aliphatic rings. The molecule has 0 fully saturated rings. The molecular formula is C97H84O31S8. The molecule has 14 aromatic rings. The Balaban J connectivity index is 0.000000179. The van der Waals surface area contributed by atoms with E-state index in [0.29, 0.717) is 56.3 Å². The molecule has 0 aliphatic carbocycles. The third-order valence-electron chi connectivity index (χ3n) is 20.6. The molecule has 0 atom stereocenters. The number of ether oxygens (including phenoxy) is 2. The minimum absolute atomic E-state index is 0.000814. The second-order valence-corrected chi connectivity index (χ2v) is 42.3. The van der Waals surface area contributed by atoms with Gasteiger partial charge in [0.2, 0.25) is 0 Å². The Labute approximate surface area is 784 Å². The molecule has 0 radical (unpaired) electrons. The van der Waals surface area contributed by atoms with Crippen LogP contribution in [0.15, 0.2) is 318 Å². The monoisotopic (exact) mass is 2000 g/mol. The highest BCUT2D eigenvalue weighted by Crippen LogP contribution is 2.37. The summed E-state index contributed by atoms with van der Waals surface area (Å²) in [7, 11) is -36.3. The maximum atomic E-state index is 12.9. The average molecular weight is 2000 g/mol. The maximum absolute atomic E-state index is 12.9. The van der Waals surface area contributed by atoms with Crippen LogP contribution < -0.4 is 9.47 Å². The van der Waals surface area contributed by atoms with Gasteiger partial charge in [0.05, 0.1) is 24.5 Å². The van der Waals surface area contributed by atoms with Crippen molar-refractivity contribution in [1.82, 2.24) is 0 Å². The van der Waals surface area contributed by atoms with E-state index in [9.17, 15) is 110 Å². The number of benzene rings is 14. The fourth-order valence-corrected chi connectivity index (χ4v) is 18.1. The van der Waals surface area contributed by atoms with Crippen molar-refractivity contribution >= 4 is 121 Å². The quantitative estimate of drug-likeness (QED) is 0.0218. The Hall–Kier alpha value is -13.4. The van der Waals surface area contributed by atoms with Crippen molar-refractivity contribution in [3.05, 3.63) is 390 Å². The minimum atomic E-state index is -4.82. The Bertz CT molecular complexity index is 8130. The van der Waals surface area contributed by atoms with Gasteiger partial charge in [0, 0.05) is 66.6 Å². The van der Waals surface area contributed by atoms with Crippen LogP contribution in [0.2, 0.25) is 0 Å². The van der Waals surface area contributed by atoms with Crippen molar-refractivity contribution in [3.8, 4) is 34.1 Å². The summed E-state index contributed by atoms with van der Waals surface area (Å²) in [6.45, 7) is 18.4. The fraction of sp³-hybridized carbons (Fsp3) is 0.103. The fourth-order valence-electron chi connectivity index (χ4n) is 13.4. The molecule has 14 rings (SSSR count). The van der Waals surface area contributed by atoms with Gasteiger partial charge in [0.15, 0.2) is 28.9 Å². The van der Waals surface area contributed by atoms with E-state index in [2.05, 4.69) is 0 Å². The van der Waals surface area contributed by atoms with E-state index in [4.69, 9.17) is 27.7 Å². The molecule has 8 N–H and O–H groups in total. The van der Waals surface area contributed by atoms with Crippen molar-refractivity contribution in [3.63, 3.8) is 0 Å². The van der Waals surface area contributed by atoms with Crippen LogP contribution in [0.1, 0.15) is 135 Å². The van der Waals surface area contributed by atoms with Crippen molar-refractivity contribution in [2.24, 2.45) is 0 Å². The molecule has 0 saturated carbocycles. The van der Waals surface area contributed by atoms with Gasteiger partial charge in [-0.2, -0.15) is 67.3 Å². The molecule has 0 bridgehead atoms. The van der Waals surface area contributed by atoms with E-state index in [1.54, 1.807) is 74.5 Å². The first kappa shape index (κ1) is 105. The third-order valence-corrected chi connectivity index (χ3v) is 27.6. The largest absolute Gasteiger partial charge is 0.457 e. The van der Waals surface area contributed by atoms with Crippen LogP contribution in [0.25, 0.3) is 21.9 Å². The molecule has 0 aliphatic heterocycles. The number of ketones is 5. The van der Waals surface area contributed by atoms with E-state index in [0.717, 1.165) is 92.5 Å². The predicted molar refractivity (Wildman–Crippen MR) is 503 cm³/mol. The Kier molecular flexibility index (Phi) is 32.2. The summed E-state index contributed by atoms with van der Waals surface area (Å²) in [5, 5.41) is 0.147. The smallest absolute Gasteiger partial charge is 0.298 e. The minimum Gasteiger partial charge on any atom is -0.457 e. The van der Waals surface area contributed by atoms with Crippen LogP contribution in [-0.2, 0) is 80.9 Å². The zero-order valence-corrected chi connectivity index (χ0v) is 79.8. The van der Waals surface area contributed by atoms with Gasteiger partial charge in [-0.25, -0.2) is 0 Å². The number of hydrogen-bond donors (Lipinski definition) is 8. The van der Waals surface area contributed by atoms with Crippen molar-refractivity contribution in [2.75, 3.05) is 0 Å². The second-order valence-electron chi connectivity index (χ2n) is 31.0.